The van der Waals surface area contributed by atoms with Gasteiger partial charge < -0.3 is 4.74 Å². The van der Waals surface area contributed by atoms with Crippen LogP contribution >= 0.6 is 0 Å². The lowest BCUT2D eigenvalue weighted by Gasteiger charge is -2.06. The second-order valence-corrected chi connectivity index (χ2v) is 2.88. The molecule has 0 bridgehead atoms. The first-order chi connectivity index (χ1) is 7.49. The summed E-state index contributed by atoms with van der Waals surface area (Å²) in [5.74, 6) is 0.0652. The molecule has 0 atom stereocenters. The van der Waals surface area contributed by atoms with E-state index < -0.39 is 11.7 Å². The third kappa shape index (κ3) is 2.73. The molecule has 1 aromatic rings. The lowest BCUT2D eigenvalue weighted by molar-refractivity contribution is -0.137. The summed E-state index contributed by atoms with van der Waals surface area (Å²) in [7, 11) is 0. The molecule has 0 radical (unpaired) electrons. The van der Waals surface area contributed by atoms with Crippen LogP contribution in [-0.4, -0.2) is 6.61 Å². The number of ether oxygens (including phenoxy) is 1. The molecule has 0 fully saturated rings. The summed E-state index contributed by atoms with van der Waals surface area (Å²) in [4.78, 5) is 2.74. The number of rotatable bonds is 3. The maximum Gasteiger partial charge on any atom is 0.426 e. The molecule has 1 aromatic carbocycles. The van der Waals surface area contributed by atoms with E-state index in [0.717, 1.165) is 12.1 Å². The van der Waals surface area contributed by atoms with Crippen LogP contribution in [0.15, 0.2) is 30.9 Å². The minimum absolute atomic E-state index is 0.0652. The largest absolute Gasteiger partial charge is 0.482 e. The average molecular weight is 229 g/mol. The van der Waals surface area contributed by atoms with Crippen molar-refractivity contribution in [3.05, 3.63) is 41.4 Å². The van der Waals surface area contributed by atoms with Crippen LogP contribution < -0.4 is 4.74 Å². The van der Waals surface area contributed by atoms with Crippen LogP contribution in [0.5, 0.6) is 5.75 Å². The fourth-order valence-corrected chi connectivity index (χ4v) is 1.04. The SMILES string of the molecule is C=CCOc1ccc(C(F)(F)F)cc1[N+]#N. The molecule has 0 saturated carbocycles. The van der Waals surface area contributed by atoms with Gasteiger partial charge in [-0.1, -0.05) is 12.7 Å². The number of diazo groups is 1. The van der Waals surface area contributed by atoms with E-state index in [-0.39, 0.29) is 18.0 Å². The zero-order valence-corrected chi connectivity index (χ0v) is 8.16. The standard InChI is InChI=1S/C10H8F3N2O/c1-2-5-16-9-4-3-7(10(11,12)13)6-8(9)15-14/h2-4,6H,1,5H2/q+1. The Balaban J connectivity index is 3.08. The second-order valence-electron chi connectivity index (χ2n) is 2.88. The molecule has 1 rings (SSSR count). The first-order valence-corrected chi connectivity index (χ1v) is 4.29. The number of benzene rings is 1. The molecule has 0 spiro atoms. The van der Waals surface area contributed by atoms with Crippen molar-refractivity contribution in [2.24, 2.45) is 0 Å². The zero-order valence-electron chi connectivity index (χ0n) is 8.16. The molecule has 84 valence electrons. The van der Waals surface area contributed by atoms with Crippen molar-refractivity contribution >= 4 is 5.69 Å². The Hall–Kier alpha value is -2.03. The molecule has 0 aliphatic carbocycles. The molecule has 3 nitrogen and oxygen atoms in total. The minimum Gasteiger partial charge on any atom is -0.482 e. The molecule has 0 aromatic heterocycles. The summed E-state index contributed by atoms with van der Waals surface area (Å²) in [5, 5.41) is 8.56. The fraction of sp³-hybridized carbons (Fsp3) is 0.200. The Morgan fingerprint density at radius 3 is 2.62 bits per heavy atom. The van der Waals surface area contributed by atoms with Crippen LogP contribution in [0, 0.1) is 5.39 Å². The maximum absolute atomic E-state index is 12.3. The molecule has 6 heteroatoms. The molecule has 0 aliphatic rings. The Labute approximate surface area is 89.8 Å². The summed E-state index contributed by atoms with van der Waals surface area (Å²) in [6, 6.07) is 2.66. The number of nitrogens with zero attached hydrogens (tertiary/aromatic N) is 2. The first kappa shape index (κ1) is 12.0. The van der Waals surface area contributed by atoms with E-state index >= 15 is 0 Å². The lowest BCUT2D eigenvalue weighted by Crippen LogP contribution is -2.04. The highest BCUT2D eigenvalue weighted by Gasteiger charge is 2.33. The Morgan fingerprint density at radius 1 is 1.44 bits per heavy atom. The van der Waals surface area contributed by atoms with E-state index in [2.05, 4.69) is 11.6 Å². The third-order valence-corrected chi connectivity index (χ3v) is 1.75. The van der Waals surface area contributed by atoms with Gasteiger partial charge in [0.2, 0.25) is 11.1 Å². The van der Waals surface area contributed by atoms with Crippen molar-refractivity contribution in [3.63, 3.8) is 0 Å². The average Bonchev–Trinajstić information content (AvgIpc) is 2.24. The molecule has 16 heavy (non-hydrogen) atoms. The number of hydrogen-bond acceptors (Lipinski definition) is 2. The van der Waals surface area contributed by atoms with Crippen molar-refractivity contribution in [2.75, 3.05) is 6.61 Å². The van der Waals surface area contributed by atoms with Gasteiger partial charge in [-0.15, -0.1) is 0 Å². The highest BCUT2D eigenvalue weighted by Crippen LogP contribution is 2.36. The van der Waals surface area contributed by atoms with Gasteiger partial charge in [0, 0.05) is 0 Å². The van der Waals surface area contributed by atoms with E-state index in [1.54, 1.807) is 0 Å². The van der Waals surface area contributed by atoms with Gasteiger partial charge in [0.25, 0.3) is 0 Å². The molecule has 0 N–H and O–H groups in total. The second kappa shape index (κ2) is 4.66. The minimum atomic E-state index is -4.48. The number of hydrogen-bond donors (Lipinski definition) is 0. The third-order valence-electron chi connectivity index (χ3n) is 1.75. The van der Waals surface area contributed by atoms with Gasteiger partial charge in [-0.25, -0.2) is 0 Å². The predicted molar refractivity (Wildman–Crippen MR) is 51.9 cm³/mol. The Bertz CT molecular complexity index is 435. The highest BCUT2D eigenvalue weighted by atomic mass is 19.4. The molecule has 0 amide bonds. The van der Waals surface area contributed by atoms with Crippen molar-refractivity contribution in [1.82, 2.24) is 0 Å². The van der Waals surface area contributed by atoms with Crippen LogP contribution in [0.1, 0.15) is 5.56 Å². The van der Waals surface area contributed by atoms with Crippen molar-refractivity contribution in [1.29, 1.82) is 5.39 Å². The summed E-state index contributed by atoms with van der Waals surface area (Å²) >= 11 is 0. The monoisotopic (exact) mass is 229 g/mol. The van der Waals surface area contributed by atoms with E-state index in [0.29, 0.717) is 6.07 Å². The molecule has 0 unspecified atom stereocenters. The maximum atomic E-state index is 12.3. The Kier molecular flexibility index (Phi) is 3.51. The van der Waals surface area contributed by atoms with Gasteiger partial charge in [-0.2, -0.15) is 13.2 Å². The smallest absolute Gasteiger partial charge is 0.426 e. The van der Waals surface area contributed by atoms with E-state index in [1.807, 2.05) is 0 Å². The lowest BCUT2D eigenvalue weighted by atomic mass is 10.2. The van der Waals surface area contributed by atoms with Gasteiger partial charge in [0.1, 0.15) is 6.61 Å². The Morgan fingerprint density at radius 2 is 2.12 bits per heavy atom. The van der Waals surface area contributed by atoms with Crippen molar-refractivity contribution in [3.8, 4) is 5.75 Å². The zero-order chi connectivity index (χ0) is 12.2. The quantitative estimate of drug-likeness (QED) is 0.584. The van der Waals surface area contributed by atoms with Crippen molar-refractivity contribution in [2.45, 2.75) is 6.18 Å². The fourth-order valence-electron chi connectivity index (χ4n) is 1.04. The van der Waals surface area contributed by atoms with Crippen LogP contribution in [0.2, 0.25) is 0 Å². The van der Waals surface area contributed by atoms with Crippen LogP contribution in [-0.2, 0) is 6.18 Å². The van der Waals surface area contributed by atoms with Gasteiger partial charge in [0.05, 0.1) is 11.6 Å². The molecular formula is C10H8F3N2O+. The number of alkyl halides is 3. The molecule has 0 aliphatic heterocycles. The van der Waals surface area contributed by atoms with Crippen LogP contribution in [0.25, 0.3) is 4.98 Å². The van der Waals surface area contributed by atoms with E-state index in [4.69, 9.17) is 10.1 Å². The van der Waals surface area contributed by atoms with E-state index in [1.165, 1.54) is 6.08 Å². The van der Waals surface area contributed by atoms with Crippen molar-refractivity contribution < 1.29 is 17.9 Å². The normalized spacial score (nSPS) is 10.6. The van der Waals surface area contributed by atoms with Gasteiger partial charge in [-0.3, -0.25) is 0 Å². The number of halogens is 3. The van der Waals surface area contributed by atoms with Crippen LogP contribution in [0.3, 0.4) is 0 Å². The topological polar surface area (TPSA) is 37.4 Å². The van der Waals surface area contributed by atoms with Gasteiger partial charge in [0.15, 0.2) is 4.98 Å². The first-order valence-electron chi connectivity index (χ1n) is 4.29. The van der Waals surface area contributed by atoms with E-state index in [9.17, 15) is 13.2 Å². The van der Waals surface area contributed by atoms with Gasteiger partial charge in [-0.05, 0) is 12.1 Å². The summed E-state index contributed by atoms with van der Waals surface area (Å²) < 4.78 is 41.9. The van der Waals surface area contributed by atoms with Gasteiger partial charge >= 0.3 is 11.9 Å². The molecular weight excluding hydrogens is 221 g/mol. The predicted octanol–water partition coefficient (Wildman–Crippen LogP) is 3.75. The molecule has 0 saturated heterocycles. The summed E-state index contributed by atoms with van der Waals surface area (Å²) in [6.07, 6.45) is -3.05. The highest BCUT2D eigenvalue weighted by molar-refractivity contribution is 5.58. The molecule has 0 heterocycles. The summed E-state index contributed by atoms with van der Waals surface area (Å²) in [5.41, 5.74) is -1.16. The van der Waals surface area contributed by atoms with Crippen LogP contribution in [0.4, 0.5) is 18.9 Å². The summed E-state index contributed by atoms with van der Waals surface area (Å²) in [6.45, 7) is 3.51.